The summed E-state index contributed by atoms with van der Waals surface area (Å²) in [5.74, 6) is 0.0174. The molecule has 1 amide bonds. The van der Waals surface area contributed by atoms with Crippen molar-refractivity contribution in [2.24, 2.45) is 0 Å². The van der Waals surface area contributed by atoms with Gasteiger partial charge in [0.25, 0.3) is 5.91 Å². The Morgan fingerprint density at radius 2 is 1.48 bits per heavy atom. The molecule has 0 unspecified atom stereocenters. The van der Waals surface area contributed by atoms with Crippen LogP contribution in [-0.4, -0.2) is 50.7 Å². The van der Waals surface area contributed by atoms with Gasteiger partial charge in [0.1, 0.15) is 6.04 Å². The minimum absolute atomic E-state index is 0.0174. The number of likely N-dealkylation sites (N-methyl/N-ethyl adjacent to an activating group) is 1. The van der Waals surface area contributed by atoms with E-state index in [4.69, 9.17) is 0 Å². The van der Waals surface area contributed by atoms with Gasteiger partial charge in [0.05, 0.1) is 4.90 Å². The maximum absolute atomic E-state index is 12.7. The summed E-state index contributed by atoms with van der Waals surface area (Å²) in [5.41, 5.74) is 1.91. The summed E-state index contributed by atoms with van der Waals surface area (Å²) in [6, 6.07) is 16.3. The predicted octanol–water partition coefficient (Wildman–Crippen LogP) is 2.17. The molecule has 0 aromatic heterocycles. The first-order chi connectivity index (χ1) is 13.7. The molecule has 0 saturated heterocycles. The predicted molar refractivity (Wildman–Crippen MR) is 115 cm³/mol. The third-order valence-corrected chi connectivity index (χ3v) is 7.16. The molecule has 2 aromatic rings. The second kappa shape index (κ2) is 10.0. The van der Waals surface area contributed by atoms with Gasteiger partial charge in [0.2, 0.25) is 10.0 Å². The fourth-order valence-electron chi connectivity index (χ4n) is 3.33. The van der Waals surface area contributed by atoms with Gasteiger partial charge in [-0.15, -0.1) is 0 Å². The number of sulfonamides is 1. The second-order valence-electron chi connectivity index (χ2n) is 7.26. The van der Waals surface area contributed by atoms with Crippen molar-refractivity contribution in [3.05, 3.63) is 65.7 Å². The summed E-state index contributed by atoms with van der Waals surface area (Å²) in [6.45, 7) is 6.56. The molecule has 29 heavy (non-hydrogen) atoms. The van der Waals surface area contributed by atoms with Crippen LogP contribution in [0.15, 0.2) is 59.5 Å². The molecule has 158 valence electrons. The van der Waals surface area contributed by atoms with Gasteiger partial charge < -0.3 is 10.2 Å². The summed E-state index contributed by atoms with van der Waals surface area (Å²) < 4.78 is 26.8. The zero-order valence-electron chi connectivity index (χ0n) is 17.9. The van der Waals surface area contributed by atoms with E-state index in [9.17, 15) is 13.2 Å². The smallest absolute Gasteiger partial charge is 0.285 e. The van der Waals surface area contributed by atoms with E-state index in [0.717, 1.165) is 11.1 Å². The van der Waals surface area contributed by atoms with Crippen LogP contribution in [-0.2, 0) is 14.8 Å². The maximum atomic E-state index is 12.7. The topological polar surface area (TPSA) is 74.3 Å². The van der Waals surface area contributed by atoms with Crippen LogP contribution in [0.25, 0.3) is 0 Å². The van der Waals surface area contributed by atoms with Crippen molar-refractivity contribution in [1.29, 1.82) is 0 Å². The highest BCUT2D eigenvalue weighted by atomic mass is 32.2. The zero-order valence-corrected chi connectivity index (χ0v) is 18.7. The van der Waals surface area contributed by atoms with Gasteiger partial charge in [0, 0.05) is 38.3 Å². The third kappa shape index (κ3) is 5.44. The lowest BCUT2D eigenvalue weighted by molar-refractivity contribution is -0.719. The average molecular weight is 419 g/mol. The van der Waals surface area contributed by atoms with E-state index >= 15 is 0 Å². The highest BCUT2D eigenvalue weighted by Gasteiger charge is 2.28. The number of hydrogen-bond donors (Lipinski definition) is 1. The number of benzene rings is 2. The van der Waals surface area contributed by atoms with Gasteiger partial charge >= 0.3 is 0 Å². The van der Waals surface area contributed by atoms with E-state index in [2.05, 4.69) is 0 Å². The zero-order chi connectivity index (χ0) is 21.6. The van der Waals surface area contributed by atoms with Crippen LogP contribution in [0.4, 0.5) is 0 Å². The second-order valence-corrected chi connectivity index (χ2v) is 9.20. The molecule has 0 heterocycles. The van der Waals surface area contributed by atoms with Gasteiger partial charge in [-0.05, 0) is 19.1 Å². The third-order valence-electron chi connectivity index (χ3n) is 5.10. The highest BCUT2D eigenvalue weighted by Crippen LogP contribution is 2.19. The van der Waals surface area contributed by atoms with E-state index in [-0.39, 0.29) is 18.0 Å². The number of amides is 1. The Kier molecular flexibility index (Phi) is 7.96. The van der Waals surface area contributed by atoms with Crippen LogP contribution < -0.4 is 5.32 Å². The van der Waals surface area contributed by atoms with Crippen LogP contribution in [0, 0.1) is 0 Å². The van der Waals surface area contributed by atoms with Crippen molar-refractivity contribution in [2.75, 3.05) is 27.2 Å². The molecule has 0 aliphatic carbocycles. The van der Waals surface area contributed by atoms with E-state index < -0.39 is 10.0 Å². The molecule has 7 heteroatoms. The van der Waals surface area contributed by atoms with E-state index in [0.29, 0.717) is 18.0 Å². The molecule has 2 atom stereocenters. The molecule has 0 bridgehead atoms. The molecule has 0 aliphatic rings. The Balaban J connectivity index is 2.25. The van der Waals surface area contributed by atoms with Crippen LogP contribution in [0.2, 0.25) is 0 Å². The molecule has 2 rings (SSSR count). The number of carbonyl (C=O) groups is 1. The fourth-order valence-corrected chi connectivity index (χ4v) is 4.79. The van der Waals surface area contributed by atoms with Gasteiger partial charge in [-0.3, -0.25) is 4.79 Å². The van der Waals surface area contributed by atoms with Crippen LogP contribution in [0.1, 0.15) is 44.0 Å². The van der Waals surface area contributed by atoms with Crippen molar-refractivity contribution in [2.45, 2.75) is 37.8 Å². The molecule has 0 radical (unpaired) electrons. The minimum Gasteiger partial charge on any atom is -0.343 e. The Bertz CT molecular complexity index is 893. The average Bonchev–Trinajstić information content (AvgIpc) is 2.72. The lowest BCUT2D eigenvalue weighted by Crippen LogP contribution is -2.87. The van der Waals surface area contributed by atoms with Crippen LogP contribution >= 0.6 is 0 Å². The normalized spacial score (nSPS) is 13.9. The van der Waals surface area contributed by atoms with Crippen molar-refractivity contribution >= 4 is 15.9 Å². The van der Waals surface area contributed by atoms with E-state index in [1.54, 1.807) is 31.1 Å². The van der Waals surface area contributed by atoms with Gasteiger partial charge in [0.15, 0.2) is 6.04 Å². The first kappa shape index (κ1) is 23.1. The number of quaternary nitrogens is 1. The first-order valence-electron chi connectivity index (χ1n) is 9.93. The number of nitrogens with zero attached hydrogens (tertiary/aromatic N) is 2. The molecule has 0 saturated carbocycles. The lowest BCUT2D eigenvalue weighted by Gasteiger charge is -2.23. The van der Waals surface area contributed by atoms with Crippen molar-refractivity contribution in [3.8, 4) is 0 Å². The Labute approximate surface area is 174 Å². The van der Waals surface area contributed by atoms with Crippen molar-refractivity contribution in [3.63, 3.8) is 0 Å². The molecule has 0 spiro atoms. The van der Waals surface area contributed by atoms with E-state index in [1.807, 2.05) is 68.6 Å². The van der Waals surface area contributed by atoms with Crippen LogP contribution in [0.5, 0.6) is 0 Å². The van der Waals surface area contributed by atoms with E-state index in [1.165, 1.54) is 4.31 Å². The molecule has 0 aliphatic heterocycles. The number of nitrogens with two attached hydrogens (primary N) is 1. The summed E-state index contributed by atoms with van der Waals surface area (Å²) >= 11 is 0. The summed E-state index contributed by atoms with van der Waals surface area (Å²) in [4.78, 5) is 14.6. The number of carbonyl (C=O) groups excluding carboxylic acids is 1. The monoisotopic (exact) mass is 418 g/mol. The Morgan fingerprint density at radius 3 is 1.97 bits per heavy atom. The fraction of sp³-hybridized carbons (Fsp3) is 0.409. The maximum Gasteiger partial charge on any atom is 0.285 e. The molecular weight excluding hydrogens is 386 g/mol. The van der Waals surface area contributed by atoms with Gasteiger partial charge in [-0.1, -0.05) is 56.3 Å². The highest BCUT2D eigenvalue weighted by molar-refractivity contribution is 7.89. The summed E-state index contributed by atoms with van der Waals surface area (Å²) in [7, 11) is 0.0352. The van der Waals surface area contributed by atoms with Crippen molar-refractivity contribution in [1.82, 2.24) is 9.21 Å². The quantitative estimate of drug-likeness (QED) is 0.678. The summed E-state index contributed by atoms with van der Waals surface area (Å²) in [5, 5.41) is 2.02. The van der Waals surface area contributed by atoms with Crippen LogP contribution in [0.3, 0.4) is 0 Å². The number of hydrogen-bond acceptors (Lipinski definition) is 3. The SMILES string of the molecule is CCN(CC)S(=O)(=O)c1ccc([C@H](C)[NH2+][C@@H](C(=O)N(C)C)c2ccccc2)cc1. The Morgan fingerprint density at radius 1 is 0.931 bits per heavy atom. The lowest BCUT2D eigenvalue weighted by atomic mass is 10.0. The molecule has 2 N–H and O–H groups in total. The van der Waals surface area contributed by atoms with Gasteiger partial charge in [-0.25, -0.2) is 8.42 Å². The largest absolute Gasteiger partial charge is 0.343 e. The first-order valence-corrected chi connectivity index (χ1v) is 11.4. The van der Waals surface area contributed by atoms with Gasteiger partial charge in [-0.2, -0.15) is 4.31 Å². The molecular formula is C22H32N3O3S+. The minimum atomic E-state index is -3.47. The summed E-state index contributed by atoms with van der Waals surface area (Å²) in [6.07, 6.45) is 0. The standard InChI is InChI=1S/C22H31N3O3S/c1-6-25(7-2)29(27,28)20-15-13-18(14-16-20)17(3)23-21(22(26)24(4)5)19-11-9-8-10-12-19/h8-17,21,23H,6-7H2,1-5H3/p+1/t17-,21+/m0/s1. The van der Waals surface area contributed by atoms with Crippen molar-refractivity contribution < 1.29 is 18.5 Å². The Hall–Kier alpha value is -2.22. The number of rotatable bonds is 9. The molecule has 6 nitrogen and oxygen atoms in total. The molecule has 0 fully saturated rings. The molecule has 2 aromatic carbocycles.